The Bertz CT molecular complexity index is 331. The first-order chi connectivity index (χ1) is 7.26. The number of aryl methyl sites for hydroxylation is 1. The Morgan fingerprint density at radius 2 is 2.13 bits per heavy atom. The van der Waals surface area contributed by atoms with Crippen LogP contribution in [-0.2, 0) is 0 Å². The van der Waals surface area contributed by atoms with Crippen LogP contribution in [0.4, 0.5) is 0 Å². The van der Waals surface area contributed by atoms with Gasteiger partial charge in [-0.2, -0.15) is 0 Å². The fourth-order valence-electron chi connectivity index (χ4n) is 1.44. The van der Waals surface area contributed by atoms with E-state index in [1.165, 1.54) is 11.1 Å². The zero-order valence-electron chi connectivity index (χ0n) is 9.71. The van der Waals surface area contributed by atoms with Crippen LogP contribution in [0.25, 0.3) is 6.08 Å². The van der Waals surface area contributed by atoms with Gasteiger partial charge in [0.05, 0.1) is 7.11 Å². The SMILES string of the molecule is CNCCC=Cc1cc(C)cc(OC)c1. The summed E-state index contributed by atoms with van der Waals surface area (Å²) in [5.41, 5.74) is 2.42. The second-order valence-corrected chi connectivity index (χ2v) is 3.58. The minimum atomic E-state index is 0.920. The van der Waals surface area contributed by atoms with Gasteiger partial charge in [0.1, 0.15) is 5.75 Å². The lowest BCUT2D eigenvalue weighted by Crippen LogP contribution is -2.05. The van der Waals surface area contributed by atoms with E-state index in [1.807, 2.05) is 19.2 Å². The standard InChI is InChI=1S/C13H19NO/c1-11-8-12(6-4-5-7-14-2)10-13(9-11)15-3/h4,6,8-10,14H,5,7H2,1-3H3. The van der Waals surface area contributed by atoms with E-state index < -0.39 is 0 Å². The molecule has 0 saturated carbocycles. The molecule has 2 heteroatoms. The number of methoxy groups -OCH3 is 1. The first kappa shape index (κ1) is 11.8. The van der Waals surface area contributed by atoms with Gasteiger partial charge in [-0.3, -0.25) is 0 Å². The predicted molar refractivity (Wildman–Crippen MR) is 65.3 cm³/mol. The number of benzene rings is 1. The lowest BCUT2D eigenvalue weighted by atomic mass is 10.1. The highest BCUT2D eigenvalue weighted by atomic mass is 16.5. The zero-order chi connectivity index (χ0) is 11.1. The molecule has 0 atom stereocenters. The van der Waals surface area contributed by atoms with Crippen molar-refractivity contribution in [3.05, 3.63) is 35.4 Å². The van der Waals surface area contributed by atoms with Gasteiger partial charge in [0.25, 0.3) is 0 Å². The van der Waals surface area contributed by atoms with E-state index in [-0.39, 0.29) is 0 Å². The summed E-state index contributed by atoms with van der Waals surface area (Å²) in [5, 5.41) is 3.11. The van der Waals surface area contributed by atoms with Gasteiger partial charge < -0.3 is 10.1 Å². The Hall–Kier alpha value is -1.28. The van der Waals surface area contributed by atoms with E-state index >= 15 is 0 Å². The van der Waals surface area contributed by atoms with Crippen LogP contribution in [0.3, 0.4) is 0 Å². The molecule has 2 nitrogen and oxygen atoms in total. The Morgan fingerprint density at radius 3 is 2.80 bits per heavy atom. The monoisotopic (exact) mass is 205 g/mol. The maximum atomic E-state index is 5.22. The highest BCUT2D eigenvalue weighted by Gasteiger charge is 1.95. The lowest BCUT2D eigenvalue weighted by molar-refractivity contribution is 0.414. The molecule has 0 aromatic heterocycles. The molecule has 1 rings (SSSR count). The van der Waals surface area contributed by atoms with Crippen molar-refractivity contribution in [2.24, 2.45) is 0 Å². The summed E-state index contributed by atoms with van der Waals surface area (Å²) in [4.78, 5) is 0. The number of ether oxygens (including phenoxy) is 1. The van der Waals surface area contributed by atoms with Gasteiger partial charge in [-0.1, -0.05) is 18.2 Å². The zero-order valence-corrected chi connectivity index (χ0v) is 9.71. The molecule has 15 heavy (non-hydrogen) atoms. The van der Waals surface area contributed by atoms with Crippen molar-refractivity contribution in [1.29, 1.82) is 0 Å². The quantitative estimate of drug-likeness (QED) is 0.746. The van der Waals surface area contributed by atoms with E-state index in [4.69, 9.17) is 4.74 Å². The largest absolute Gasteiger partial charge is 0.497 e. The van der Waals surface area contributed by atoms with Gasteiger partial charge in [0.15, 0.2) is 0 Å². The second-order valence-electron chi connectivity index (χ2n) is 3.58. The fourth-order valence-corrected chi connectivity index (χ4v) is 1.44. The van der Waals surface area contributed by atoms with E-state index in [2.05, 4.69) is 30.5 Å². The third kappa shape index (κ3) is 4.17. The molecule has 0 saturated heterocycles. The average Bonchev–Trinajstić information content (AvgIpc) is 2.23. The summed E-state index contributed by atoms with van der Waals surface area (Å²) in [7, 11) is 3.66. The number of nitrogens with one attached hydrogen (secondary N) is 1. The molecule has 0 fully saturated rings. The van der Waals surface area contributed by atoms with Crippen molar-refractivity contribution in [3.63, 3.8) is 0 Å². The van der Waals surface area contributed by atoms with Gasteiger partial charge in [-0.25, -0.2) is 0 Å². The van der Waals surface area contributed by atoms with Crippen molar-refractivity contribution in [1.82, 2.24) is 5.32 Å². The van der Waals surface area contributed by atoms with Gasteiger partial charge in [0.2, 0.25) is 0 Å². The Labute approximate surface area is 92.0 Å². The Kier molecular flexibility index (Phi) is 4.91. The van der Waals surface area contributed by atoms with Crippen molar-refractivity contribution in [2.75, 3.05) is 20.7 Å². The molecule has 1 aromatic rings. The van der Waals surface area contributed by atoms with Crippen molar-refractivity contribution >= 4 is 6.08 Å². The number of hydrogen-bond acceptors (Lipinski definition) is 2. The minimum absolute atomic E-state index is 0.920. The Balaban J connectivity index is 2.67. The molecule has 1 aromatic carbocycles. The first-order valence-corrected chi connectivity index (χ1v) is 5.23. The molecular weight excluding hydrogens is 186 g/mol. The van der Waals surface area contributed by atoms with Crippen LogP contribution in [0.2, 0.25) is 0 Å². The minimum Gasteiger partial charge on any atom is -0.497 e. The summed E-state index contributed by atoms with van der Waals surface area (Å²) in [6.45, 7) is 3.09. The summed E-state index contributed by atoms with van der Waals surface area (Å²) in [6, 6.07) is 6.23. The third-order valence-corrected chi connectivity index (χ3v) is 2.18. The molecule has 0 bridgehead atoms. The van der Waals surface area contributed by atoms with Crippen molar-refractivity contribution < 1.29 is 4.74 Å². The van der Waals surface area contributed by atoms with Crippen LogP contribution in [0.1, 0.15) is 17.5 Å². The molecule has 0 heterocycles. The van der Waals surface area contributed by atoms with Crippen molar-refractivity contribution in [2.45, 2.75) is 13.3 Å². The molecule has 0 aliphatic rings. The van der Waals surface area contributed by atoms with Crippen molar-refractivity contribution in [3.8, 4) is 5.75 Å². The smallest absolute Gasteiger partial charge is 0.119 e. The first-order valence-electron chi connectivity index (χ1n) is 5.23. The van der Waals surface area contributed by atoms with Crippen LogP contribution < -0.4 is 10.1 Å². The predicted octanol–water partition coefficient (Wildman–Crippen LogP) is 2.63. The summed E-state index contributed by atoms with van der Waals surface area (Å²) in [6.07, 6.45) is 5.35. The summed E-state index contributed by atoms with van der Waals surface area (Å²) < 4.78 is 5.22. The third-order valence-electron chi connectivity index (χ3n) is 2.18. The van der Waals surface area contributed by atoms with E-state index in [9.17, 15) is 0 Å². The molecule has 1 N–H and O–H groups in total. The van der Waals surface area contributed by atoms with E-state index in [1.54, 1.807) is 7.11 Å². The molecule has 82 valence electrons. The number of rotatable bonds is 5. The number of hydrogen-bond donors (Lipinski definition) is 1. The average molecular weight is 205 g/mol. The van der Waals surface area contributed by atoms with Gasteiger partial charge in [-0.05, 0) is 50.2 Å². The Morgan fingerprint density at radius 1 is 1.33 bits per heavy atom. The molecule has 0 spiro atoms. The molecule has 0 unspecified atom stereocenters. The van der Waals surface area contributed by atoms with Crippen LogP contribution in [0.5, 0.6) is 5.75 Å². The maximum absolute atomic E-state index is 5.22. The molecule has 0 aliphatic heterocycles. The highest BCUT2D eigenvalue weighted by molar-refractivity contribution is 5.53. The van der Waals surface area contributed by atoms with Gasteiger partial charge in [0, 0.05) is 0 Å². The van der Waals surface area contributed by atoms with Crippen LogP contribution >= 0.6 is 0 Å². The normalized spacial score (nSPS) is 10.9. The van der Waals surface area contributed by atoms with E-state index in [0.717, 1.165) is 18.7 Å². The fraction of sp³-hybridized carbons (Fsp3) is 0.385. The topological polar surface area (TPSA) is 21.3 Å². The van der Waals surface area contributed by atoms with Crippen LogP contribution in [0, 0.1) is 6.92 Å². The van der Waals surface area contributed by atoms with Crippen LogP contribution in [-0.4, -0.2) is 20.7 Å². The molecule has 0 aliphatic carbocycles. The van der Waals surface area contributed by atoms with Gasteiger partial charge in [-0.15, -0.1) is 0 Å². The molecular formula is C13H19NO. The lowest BCUT2D eigenvalue weighted by Gasteiger charge is -2.03. The molecule has 0 amide bonds. The summed E-state index contributed by atoms with van der Waals surface area (Å²) >= 11 is 0. The molecule has 0 radical (unpaired) electrons. The second kappa shape index (κ2) is 6.25. The van der Waals surface area contributed by atoms with Gasteiger partial charge >= 0.3 is 0 Å². The van der Waals surface area contributed by atoms with Crippen LogP contribution in [0.15, 0.2) is 24.3 Å². The maximum Gasteiger partial charge on any atom is 0.119 e. The summed E-state index contributed by atoms with van der Waals surface area (Å²) in [5.74, 6) is 0.920. The van der Waals surface area contributed by atoms with E-state index in [0.29, 0.717) is 0 Å². The highest BCUT2D eigenvalue weighted by Crippen LogP contribution is 2.17.